The Morgan fingerprint density at radius 2 is 0.816 bits per heavy atom. The van der Waals surface area contributed by atoms with Crippen molar-refractivity contribution in [3.8, 4) is 0 Å². The second-order valence-corrected chi connectivity index (χ2v) is 41.0. The van der Waals surface area contributed by atoms with Gasteiger partial charge in [-0.15, -0.1) is 23.5 Å². The Morgan fingerprint density at radius 3 is 1.18 bits per heavy atom. The first kappa shape index (κ1) is 112. The van der Waals surface area contributed by atoms with Gasteiger partial charge in [-0.3, -0.25) is 95.9 Å². The summed E-state index contributed by atoms with van der Waals surface area (Å²) in [5.41, 5.74) is -1.24. The topological polar surface area (TPSA) is 662 Å². The number of carbonyl (C=O) groups excluding carboxylic acids is 20. The number of rotatable bonds is 30. The monoisotopic (exact) mass is 2000 g/mol. The van der Waals surface area contributed by atoms with E-state index < -0.39 is 265 Å². The molecule has 20 atom stereocenters. The zero-order valence-corrected chi connectivity index (χ0v) is 82.2. The number of benzene rings is 2. The minimum absolute atomic E-state index is 0.00497. The van der Waals surface area contributed by atoms with Crippen molar-refractivity contribution in [3.63, 3.8) is 0 Å². The molecular formula is C97H132N14O28S2. The highest BCUT2D eigenvalue weighted by molar-refractivity contribution is 7.99. The van der Waals surface area contributed by atoms with E-state index in [2.05, 4.69) is 63.1 Å². The van der Waals surface area contributed by atoms with Gasteiger partial charge in [0.1, 0.15) is 59.4 Å². The minimum Gasteiger partial charge on any atom is -0.393 e. The molecule has 0 radical (unpaired) electrons. The molecule has 6 aliphatic rings. The lowest BCUT2D eigenvalue weighted by atomic mass is 9.89. The van der Waals surface area contributed by atoms with Crippen molar-refractivity contribution in [3.05, 3.63) is 70.3 Å². The predicted molar refractivity (Wildman–Crippen MR) is 510 cm³/mol. The van der Waals surface area contributed by atoms with E-state index in [1.807, 2.05) is 0 Å². The Balaban J connectivity index is 0.719. The number of Topliss-reactive ketones (excluding diaryl/α,β-unsaturated/α-hetero) is 8. The highest BCUT2D eigenvalue weighted by atomic mass is 32.2. The maximum absolute atomic E-state index is 14.9. The Labute approximate surface area is 822 Å². The van der Waals surface area contributed by atoms with Crippen LogP contribution in [0.3, 0.4) is 0 Å². The van der Waals surface area contributed by atoms with Crippen LogP contribution >= 0.6 is 23.5 Å². The van der Waals surface area contributed by atoms with Crippen LogP contribution in [0.4, 0.5) is 0 Å². The lowest BCUT2D eigenvalue weighted by Gasteiger charge is -2.30. The van der Waals surface area contributed by atoms with Crippen LogP contribution in [0.2, 0.25) is 0 Å². The Kier molecular flexibility index (Phi) is 39.6. The standard InChI is InChI=1S/C97H132N14O28S2/c1-47(83(127)99-25-23-59(117)15-11-13-17-61(119)28-55-19-21-71-67(30-55)69-32-57-34-79(123)49(3)103-91(135)77-36-63(121)42-111(77)95(137)75(44-141-93(69)109-71)107-87(131)65(53(7)115)38-81(125)51(5)101-89(133)73(105-85(57)129)40-97(9,139)46-113)26-82(126)98-24-22-58(116)14-10-12-16-60(118)27-54-18-20-70-66(29-54)68-31-56-33-78(122)48(2)102-90(134)76-35-62(120)41-110(76)94(136)74(43-140-92(68)108-70)106-86(130)64(52(6)114)37-80(124)50(4)100-88(132)72(104-84(56)128)39-96(8,138)45-112/h18-21,26,29-30,48-53,56-57,62-65,72-77,108-109,112-115,120-121,138-139H,10-17,22-25,27-28,31-46H2,1-9H3,(H,98,126)(H,99,127)(H,100,132)(H,101,133)(H,102,134)(H,103,135)(H,104,128)(H,105,129)(H,106,130)(H,107,131)/b47-26-/t48-,49-,50-,51-,52?,53?,56+,57+,62+,63+,64+,65+,72-,73-,74+,75+,76-,77-,96+,97+/m0/s1. The van der Waals surface area contributed by atoms with Crippen LogP contribution in [-0.4, -0.2) is 325 Å². The quantitative estimate of drug-likeness (QED) is 0.0205. The molecule has 20 N–H and O–H groups in total. The maximum Gasteiger partial charge on any atom is 0.247 e. The van der Waals surface area contributed by atoms with Gasteiger partial charge in [0, 0.05) is 186 Å². The van der Waals surface area contributed by atoms with Crippen molar-refractivity contribution >= 4 is 162 Å². The number of hydrogen-bond donors (Lipinski definition) is 20. The van der Waals surface area contributed by atoms with Gasteiger partial charge in [-0.05, 0) is 147 Å². The summed E-state index contributed by atoms with van der Waals surface area (Å²) in [6.07, 6.45) is -8.03. The van der Waals surface area contributed by atoms with Gasteiger partial charge in [-0.1, -0.05) is 12.1 Å². The largest absolute Gasteiger partial charge is 0.393 e. The number of aliphatic hydroxyl groups is 8. The zero-order chi connectivity index (χ0) is 104. The second-order valence-electron chi connectivity index (χ2n) is 38.9. The number of nitrogens with zero attached hydrogens (tertiary/aromatic N) is 2. The van der Waals surface area contributed by atoms with E-state index in [9.17, 15) is 137 Å². The number of fused-ring (bicyclic) bond motifs is 10. The summed E-state index contributed by atoms with van der Waals surface area (Å²) < 4.78 is 0. The van der Waals surface area contributed by atoms with E-state index in [1.54, 1.807) is 36.4 Å². The van der Waals surface area contributed by atoms with Crippen molar-refractivity contribution in [2.45, 2.75) is 310 Å². The highest BCUT2D eigenvalue weighted by Gasteiger charge is 2.48. The third-order valence-corrected chi connectivity index (χ3v) is 28.9. The molecule has 2 fully saturated rings. The van der Waals surface area contributed by atoms with Crippen molar-refractivity contribution in [1.82, 2.24) is 72.9 Å². The Morgan fingerprint density at radius 1 is 0.461 bits per heavy atom. The Bertz CT molecular complexity index is 5450. The fourth-order valence-corrected chi connectivity index (χ4v) is 20.3. The number of thioether (sulfide) groups is 2. The van der Waals surface area contributed by atoms with Crippen LogP contribution in [0.25, 0.3) is 21.8 Å². The van der Waals surface area contributed by atoms with Gasteiger partial charge in [0.2, 0.25) is 70.9 Å². The third-order valence-electron chi connectivity index (χ3n) is 26.7. The molecule has 12 amide bonds. The lowest BCUT2D eigenvalue weighted by Crippen LogP contribution is -2.57. The lowest BCUT2D eigenvalue weighted by molar-refractivity contribution is -0.143. The molecule has 141 heavy (non-hydrogen) atoms. The summed E-state index contributed by atoms with van der Waals surface area (Å²) in [5.74, 6) is -20.3. The summed E-state index contributed by atoms with van der Waals surface area (Å²) in [7, 11) is 0. The van der Waals surface area contributed by atoms with E-state index in [-0.39, 0.29) is 143 Å². The van der Waals surface area contributed by atoms with Gasteiger partial charge in [-0.2, -0.15) is 0 Å². The van der Waals surface area contributed by atoms with Crippen molar-refractivity contribution < 1.29 is 137 Å². The van der Waals surface area contributed by atoms with Crippen LogP contribution in [0.15, 0.2) is 58.1 Å². The van der Waals surface area contributed by atoms with Crippen molar-refractivity contribution in [1.29, 1.82) is 0 Å². The number of aromatic nitrogens is 2. The van der Waals surface area contributed by atoms with Crippen molar-refractivity contribution in [2.75, 3.05) is 50.9 Å². The Hall–Kier alpha value is -11.4. The fourth-order valence-electron chi connectivity index (χ4n) is 18.1. The van der Waals surface area contributed by atoms with Crippen molar-refractivity contribution in [2.24, 2.45) is 23.7 Å². The van der Waals surface area contributed by atoms with E-state index in [4.69, 9.17) is 0 Å². The summed E-state index contributed by atoms with van der Waals surface area (Å²) >= 11 is 2.02. The molecule has 770 valence electrons. The molecule has 8 heterocycles. The molecule has 0 saturated carbocycles. The number of unbranched alkanes of at least 4 members (excludes halogenated alkanes) is 2. The van der Waals surface area contributed by atoms with E-state index in [0.717, 1.165) is 39.4 Å². The summed E-state index contributed by atoms with van der Waals surface area (Å²) in [6, 6.07) is -4.22. The first-order valence-corrected chi connectivity index (χ1v) is 49.8. The van der Waals surface area contributed by atoms with Gasteiger partial charge in [0.15, 0.2) is 23.1 Å². The second kappa shape index (κ2) is 50.0. The number of aromatic amines is 2. The average Bonchev–Trinajstić information content (AvgIpc) is 1.63. The molecule has 2 saturated heterocycles. The van der Waals surface area contributed by atoms with Crippen LogP contribution in [-0.2, 0) is 122 Å². The normalized spacial score (nSPS) is 26.9. The molecule has 44 heteroatoms. The summed E-state index contributed by atoms with van der Waals surface area (Å²) in [5, 5.41) is 114. The first-order chi connectivity index (χ1) is 66.5. The first-order valence-electron chi connectivity index (χ1n) is 47.9. The minimum atomic E-state index is -1.99. The van der Waals surface area contributed by atoms with Gasteiger partial charge in [0.25, 0.3) is 0 Å². The SMILES string of the molecule is C/C(=C/C(=O)NCCC(=O)CCCCC(=O)Cc1ccc2[nH]c3c(c2c1)C[C@@H]1CC(=O)[C@H](C)NC(=O)[C@@H]2C[C@@H](O)CN2C(=O)[C@@H](CS3)NC(=O)[C@@H](C(C)O)CC(=O)[C@H](C)NC(=O)[C@H](C[C@@](C)(O)CO)NC1=O)C(=O)NCCC(=O)CCCCC(=O)Cc1ccc2[nH]c3c(c2c1)C[C@@H]1CC(=O)[C@H](C)NC(=O)[C@@H]2C[C@@H](O)CN2C(=O)[C@@H](CS3)NC(=O)[C@@H](C(C)O)CC(=O)[C@H](C)NC(=O)[C@H](C[C@@](C)(O)CO)NC1=O. The highest BCUT2D eigenvalue weighted by Crippen LogP contribution is 2.39. The fraction of sp³-hybridized carbons (Fsp3) is 0.608. The van der Waals surface area contributed by atoms with Crippen LogP contribution in [0.5, 0.6) is 0 Å². The number of amides is 12. The molecule has 0 spiro atoms. The number of carbonyl (C=O) groups is 20. The van der Waals surface area contributed by atoms with E-state index >= 15 is 0 Å². The molecule has 2 aromatic heterocycles. The third kappa shape index (κ3) is 30.8. The predicted octanol–water partition coefficient (Wildman–Crippen LogP) is -1.67. The summed E-state index contributed by atoms with van der Waals surface area (Å²) in [6.45, 7) is 9.02. The van der Waals surface area contributed by atoms with Gasteiger partial charge < -0.3 is 114 Å². The molecule has 42 nitrogen and oxygen atoms in total. The molecule has 4 aromatic rings. The zero-order valence-electron chi connectivity index (χ0n) is 80.6. The number of H-pyrrole nitrogens is 2. The molecule has 6 aliphatic heterocycles. The van der Waals surface area contributed by atoms with Gasteiger partial charge in [-0.25, -0.2) is 0 Å². The van der Waals surface area contributed by atoms with E-state index in [1.165, 1.54) is 62.3 Å². The van der Waals surface area contributed by atoms with Crippen LogP contribution in [0.1, 0.15) is 200 Å². The number of hydrogen-bond acceptors (Lipinski definition) is 30. The molecule has 4 bridgehead atoms. The molecule has 2 aromatic carbocycles. The molecule has 2 unspecified atom stereocenters. The van der Waals surface area contributed by atoms with E-state index in [0.29, 0.717) is 79.8 Å². The molecule has 10 rings (SSSR count). The number of ketones is 8. The number of aliphatic hydroxyl groups excluding tert-OH is 6. The summed E-state index contributed by atoms with van der Waals surface area (Å²) in [4.78, 5) is 290. The van der Waals surface area contributed by atoms with Gasteiger partial charge in [0.05, 0.1) is 94.9 Å². The van der Waals surface area contributed by atoms with Crippen LogP contribution in [0, 0.1) is 23.7 Å². The average molecular weight is 2010 g/mol. The number of nitrogens with one attached hydrogen (secondary N) is 12. The maximum atomic E-state index is 14.9. The van der Waals surface area contributed by atoms with Crippen LogP contribution < -0.4 is 53.2 Å². The molecule has 0 aliphatic carbocycles. The smallest absolute Gasteiger partial charge is 0.247 e. The van der Waals surface area contributed by atoms with Gasteiger partial charge >= 0.3 is 0 Å². The molecular weight excluding hydrogens is 1870 g/mol.